The summed E-state index contributed by atoms with van der Waals surface area (Å²) in [6, 6.07) is 4.54. The third-order valence-electron chi connectivity index (χ3n) is 3.38. The fraction of sp³-hybridized carbons (Fsp3) is 0.438. The molecule has 0 aliphatic carbocycles. The normalized spacial score (nSPS) is 12.8. The molecule has 7 heteroatoms. The number of oxime groups is 1. The zero-order chi connectivity index (χ0) is 17.4. The van der Waals surface area contributed by atoms with Crippen LogP contribution in [0.15, 0.2) is 27.8 Å². The highest BCUT2D eigenvalue weighted by molar-refractivity contribution is 9.10. The first-order valence-electron chi connectivity index (χ1n) is 7.28. The first-order valence-corrected chi connectivity index (χ1v) is 8.07. The summed E-state index contributed by atoms with van der Waals surface area (Å²) < 4.78 is 14.6. The number of carbonyl (C=O) groups excluding carboxylic acids is 2. The molecule has 0 aliphatic heterocycles. The molecule has 2 N–H and O–H groups in total. The summed E-state index contributed by atoms with van der Waals surface area (Å²) in [7, 11) is 1.26. The first-order chi connectivity index (χ1) is 10.9. The van der Waals surface area contributed by atoms with Crippen LogP contribution in [0, 0.1) is 11.7 Å². The molecule has 0 fully saturated rings. The average molecular weight is 387 g/mol. The van der Waals surface area contributed by atoms with Gasteiger partial charge in [0, 0.05) is 10.9 Å². The Labute approximate surface area is 143 Å². The molecule has 0 radical (unpaired) electrons. The zero-order valence-electron chi connectivity index (χ0n) is 13.1. The number of nitrogens with two attached hydrogens (primary N) is 1. The third-order valence-corrected chi connectivity index (χ3v) is 3.87. The molecule has 1 amide bonds. The minimum absolute atomic E-state index is 0.00674. The van der Waals surface area contributed by atoms with E-state index in [-0.39, 0.29) is 24.3 Å². The molecule has 1 aromatic rings. The van der Waals surface area contributed by atoms with Gasteiger partial charge >= 0.3 is 0 Å². The highest BCUT2D eigenvalue weighted by atomic mass is 79.9. The number of amides is 1. The van der Waals surface area contributed by atoms with Crippen LogP contribution in [0.3, 0.4) is 0 Å². The molecule has 1 unspecified atom stereocenters. The van der Waals surface area contributed by atoms with Crippen molar-refractivity contribution in [3.8, 4) is 0 Å². The Hall–Kier alpha value is -1.76. The van der Waals surface area contributed by atoms with Crippen molar-refractivity contribution < 1.29 is 18.8 Å². The summed E-state index contributed by atoms with van der Waals surface area (Å²) in [6.45, 7) is 1.95. The van der Waals surface area contributed by atoms with Gasteiger partial charge in [-0.3, -0.25) is 9.59 Å². The maximum atomic E-state index is 14.0. The van der Waals surface area contributed by atoms with Gasteiger partial charge in [-0.1, -0.05) is 40.5 Å². The van der Waals surface area contributed by atoms with Gasteiger partial charge in [0.2, 0.25) is 0 Å². The van der Waals surface area contributed by atoms with Gasteiger partial charge in [0.25, 0.3) is 5.91 Å². The lowest BCUT2D eigenvalue weighted by Gasteiger charge is -2.16. The molecule has 23 heavy (non-hydrogen) atoms. The highest BCUT2D eigenvalue weighted by Crippen LogP contribution is 2.21. The summed E-state index contributed by atoms with van der Waals surface area (Å²) in [5.41, 5.74) is 5.43. The van der Waals surface area contributed by atoms with Crippen LogP contribution in [0.4, 0.5) is 4.39 Å². The van der Waals surface area contributed by atoms with E-state index < -0.39 is 17.6 Å². The van der Waals surface area contributed by atoms with Crippen molar-refractivity contribution in [2.45, 2.75) is 32.6 Å². The fourth-order valence-corrected chi connectivity index (χ4v) is 2.51. The Balaban J connectivity index is 3.14. The molecule has 0 spiro atoms. The number of hydrogen-bond acceptors (Lipinski definition) is 4. The minimum Gasteiger partial charge on any atom is -0.399 e. The Morgan fingerprint density at radius 1 is 1.43 bits per heavy atom. The van der Waals surface area contributed by atoms with Crippen molar-refractivity contribution in [2.75, 3.05) is 7.11 Å². The van der Waals surface area contributed by atoms with E-state index in [0.29, 0.717) is 16.5 Å². The molecule has 0 bridgehead atoms. The standard InChI is InChI=1S/C16H20BrFN2O3/c1-3-4-5-14(21)12(15(16(19)22)20-23-2)8-10-6-7-11(17)9-13(10)18/h6-7,9,12H,3-5,8H2,1-2H3,(H2,19,22)/b20-15+. The van der Waals surface area contributed by atoms with Crippen LogP contribution in [0.25, 0.3) is 0 Å². The number of nitrogens with zero attached hydrogens (tertiary/aromatic N) is 1. The third kappa shape index (κ3) is 5.74. The number of unbranched alkanes of at least 4 members (excludes halogenated alkanes) is 1. The van der Waals surface area contributed by atoms with E-state index in [1.807, 2.05) is 6.92 Å². The van der Waals surface area contributed by atoms with E-state index in [0.717, 1.165) is 6.42 Å². The van der Waals surface area contributed by atoms with Crippen molar-refractivity contribution in [2.24, 2.45) is 16.8 Å². The highest BCUT2D eigenvalue weighted by Gasteiger charge is 2.29. The summed E-state index contributed by atoms with van der Waals surface area (Å²) in [5.74, 6) is -2.44. The number of primary amides is 1. The van der Waals surface area contributed by atoms with Crippen molar-refractivity contribution in [3.63, 3.8) is 0 Å². The maximum absolute atomic E-state index is 14.0. The van der Waals surface area contributed by atoms with Crippen LogP contribution in [0.2, 0.25) is 0 Å². The van der Waals surface area contributed by atoms with Crippen molar-refractivity contribution in [3.05, 3.63) is 34.1 Å². The predicted octanol–water partition coefficient (Wildman–Crippen LogP) is 2.99. The predicted molar refractivity (Wildman–Crippen MR) is 89.5 cm³/mol. The number of Topliss-reactive ketones (excluding diaryl/α,β-unsaturated/α-hetero) is 1. The Morgan fingerprint density at radius 2 is 2.13 bits per heavy atom. The average Bonchev–Trinajstić information content (AvgIpc) is 2.50. The molecule has 1 atom stereocenters. The number of benzene rings is 1. The molecule has 0 heterocycles. The van der Waals surface area contributed by atoms with Crippen LogP contribution in [-0.4, -0.2) is 24.5 Å². The summed E-state index contributed by atoms with van der Waals surface area (Å²) >= 11 is 3.18. The molecular formula is C16H20BrFN2O3. The van der Waals surface area contributed by atoms with Crippen LogP contribution in [-0.2, 0) is 20.8 Å². The van der Waals surface area contributed by atoms with Gasteiger partial charge in [-0.05, 0) is 30.5 Å². The SMILES string of the molecule is CCCCC(=O)C(Cc1ccc(Br)cc1F)/C(=N\OC)C(N)=O. The Morgan fingerprint density at radius 3 is 2.65 bits per heavy atom. The summed E-state index contributed by atoms with van der Waals surface area (Å²) in [5, 5.41) is 3.59. The van der Waals surface area contributed by atoms with E-state index in [4.69, 9.17) is 5.73 Å². The number of hydrogen-bond donors (Lipinski definition) is 1. The molecular weight excluding hydrogens is 367 g/mol. The molecule has 126 valence electrons. The number of halogens is 2. The quantitative estimate of drug-likeness (QED) is 0.523. The maximum Gasteiger partial charge on any atom is 0.267 e. The van der Waals surface area contributed by atoms with E-state index in [1.54, 1.807) is 12.1 Å². The Bertz CT molecular complexity index is 605. The van der Waals surface area contributed by atoms with Crippen LogP contribution >= 0.6 is 15.9 Å². The second-order valence-electron chi connectivity index (χ2n) is 5.09. The largest absolute Gasteiger partial charge is 0.399 e. The monoisotopic (exact) mass is 386 g/mol. The van der Waals surface area contributed by atoms with Crippen molar-refractivity contribution in [1.29, 1.82) is 0 Å². The van der Waals surface area contributed by atoms with Gasteiger partial charge in [0.1, 0.15) is 18.7 Å². The van der Waals surface area contributed by atoms with E-state index >= 15 is 0 Å². The molecule has 0 saturated heterocycles. The molecule has 0 saturated carbocycles. The van der Waals surface area contributed by atoms with Gasteiger partial charge < -0.3 is 10.6 Å². The summed E-state index contributed by atoms with van der Waals surface area (Å²) in [6.07, 6.45) is 1.79. The van der Waals surface area contributed by atoms with Gasteiger partial charge in [-0.2, -0.15) is 0 Å². The first kappa shape index (κ1) is 19.3. The van der Waals surface area contributed by atoms with E-state index in [9.17, 15) is 14.0 Å². The number of carbonyl (C=O) groups is 2. The second-order valence-corrected chi connectivity index (χ2v) is 6.00. The molecule has 5 nitrogen and oxygen atoms in total. The smallest absolute Gasteiger partial charge is 0.267 e. The molecule has 0 aromatic heterocycles. The zero-order valence-corrected chi connectivity index (χ0v) is 14.7. The lowest BCUT2D eigenvalue weighted by atomic mass is 9.88. The molecule has 1 aromatic carbocycles. The number of rotatable bonds is 9. The van der Waals surface area contributed by atoms with Gasteiger partial charge in [-0.15, -0.1) is 0 Å². The van der Waals surface area contributed by atoms with Crippen molar-refractivity contribution >= 4 is 33.3 Å². The van der Waals surface area contributed by atoms with Gasteiger partial charge in [0.05, 0.1) is 5.92 Å². The fourth-order valence-electron chi connectivity index (χ4n) is 2.17. The topological polar surface area (TPSA) is 81.8 Å². The minimum atomic E-state index is -0.922. The van der Waals surface area contributed by atoms with Crippen LogP contribution in [0.1, 0.15) is 31.7 Å². The molecule has 1 rings (SSSR count). The van der Waals surface area contributed by atoms with Crippen LogP contribution < -0.4 is 5.73 Å². The second kappa shape index (κ2) is 9.39. The molecule has 0 aliphatic rings. The van der Waals surface area contributed by atoms with E-state index in [2.05, 4.69) is 25.9 Å². The summed E-state index contributed by atoms with van der Waals surface area (Å²) in [4.78, 5) is 28.6. The Kier molecular flexibility index (Phi) is 7.88. The van der Waals surface area contributed by atoms with Gasteiger partial charge in [0.15, 0.2) is 5.71 Å². The lowest BCUT2D eigenvalue weighted by molar-refractivity contribution is -0.122. The van der Waals surface area contributed by atoms with E-state index in [1.165, 1.54) is 13.2 Å². The van der Waals surface area contributed by atoms with Gasteiger partial charge in [-0.25, -0.2) is 4.39 Å². The van der Waals surface area contributed by atoms with Crippen molar-refractivity contribution in [1.82, 2.24) is 0 Å². The van der Waals surface area contributed by atoms with Crippen LogP contribution in [0.5, 0.6) is 0 Å². The lowest BCUT2D eigenvalue weighted by Crippen LogP contribution is -2.36. The number of ketones is 1.